The number of halogens is 1. The summed E-state index contributed by atoms with van der Waals surface area (Å²) in [5, 5.41) is 3.62. The van der Waals surface area contributed by atoms with E-state index in [-0.39, 0.29) is 5.56 Å². The van der Waals surface area contributed by atoms with Crippen molar-refractivity contribution in [2.75, 3.05) is 5.32 Å². The molecule has 1 heterocycles. The summed E-state index contributed by atoms with van der Waals surface area (Å²) in [7, 11) is 0. The first-order valence-corrected chi connectivity index (χ1v) is 5.88. The van der Waals surface area contributed by atoms with Crippen molar-refractivity contribution in [3.05, 3.63) is 66.1 Å². The first-order valence-electron chi connectivity index (χ1n) is 5.88. The minimum atomic E-state index is -0.527. The maximum absolute atomic E-state index is 13.5. The second-order valence-corrected chi connectivity index (χ2v) is 4.18. The van der Waals surface area contributed by atoms with Crippen LogP contribution in [0.4, 0.5) is 10.1 Å². The Balaban J connectivity index is 1.95. The third-order valence-corrected chi connectivity index (χ3v) is 2.96. The first-order chi connectivity index (χ1) is 9.25. The summed E-state index contributed by atoms with van der Waals surface area (Å²) in [5.41, 5.74) is 1.62. The standard InChI is InChI=1S/C15H11FN2O/c16-12-5-2-1-4-10(12)15(19)18-14-7-3-6-13-11(14)8-9-17-13/h1-9,17H,(H,18,19). The lowest BCUT2D eigenvalue weighted by Gasteiger charge is -2.07. The van der Waals surface area contributed by atoms with Gasteiger partial charge in [-0.15, -0.1) is 0 Å². The molecule has 3 aromatic rings. The largest absolute Gasteiger partial charge is 0.361 e. The van der Waals surface area contributed by atoms with Crippen LogP contribution in [0.25, 0.3) is 10.9 Å². The van der Waals surface area contributed by atoms with Gasteiger partial charge in [-0.2, -0.15) is 0 Å². The number of fused-ring (bicyclic) bond motifs is 1. The Bertz CT molecular complexity index is 748. The van der Waals surface area contributed by atoms with Crippen molar-refractivity contribution in [1.82, 2.24) is 4.98 Å². The van der Waals surface area contributed by atoms with Crippen molar-refractivity contribution in [2.24, 2.45) is 0 Å². The van der Waals surface area contributed by atoms with Crippen molar-refractivity contribution >= 4 is 22.5 Å². The number of carbonyl (C=O) groups excluding carboxylic acids is 1. The number of hydrogen-bond acceptors (Lipinski definition) is 1. The van der Waals surface area contributed by atoms with E-state index in [1.807, 2.05) is 18.2 Å². The van der Waals surface area contributed by atoms with Gasteiger partial charge in [-0.05, 0) is 30.3 Å². The molecule has 2 N–H and O–H groups in total. The van der Waals surface area contributed by atoms with Crippen molar-refractivity contribution in [1.29, 1.82) is 0 Å². The van der Waals surface area contributed by atoms with E-state index in [0.29, 0.717) is 5.69 Å². The molecule has 0 saturated carbocycles. The van der Waals surface area contributed by atoms with E-state index in [0.717, 1.165) is 10.9 Å². The van der Waals surface area contributed by atoms with Crippen LogP contribution in [0.2, 0.25) is 0 Å². The fraction of sp³-hybridized carbons (Fsp3) is 0. The first kappa shape index (κ1) is 11.5. The van der Waals surface area contributed by atoms with Crippen molar-refractivity contribution < 1.29 is 9.18 Å². The lowest BCUT2D eigenvalue weighted by atomic mass is 10.1. The highest BCUT2D eigenvalue weighted by molar-refractivity contribution is 6.08. The minimum absolute atomic E-state index is 0.0371. The van der Waals surface area contributed by atoms with E-state index in [1.165, 1.54) is 12.1 Å². The van der Waals surface area contributed by atoms with Gasteiger partial charge in [0, 0.05) is 17.1 Å². The maximum Gasteiger partial charge on any atom is 0.258 e. The number of rotatable bonds is 2. The second kappa shape index (κ2) is 4.57. The predicted molar refractivity (Wildman–Crippen MR) is 72.7 cm³/mol. The van der Waals surface area contributed by atoms with Gasteiger partial charge in [-0.3, -0.25) is 4.79 Å². The Morgan fingerprint density at radius 2 is 1.89 bits per heavy atom. The Morgan fingerprint density at radius 1 is 1.05 bits per heavy atom. The normalized spacial score (nSPS) is 10.6. The molecule has 0 aliphatic carbocycles. The van der Waals surface area contributed by atoms with Gasteiger partial charge in [0.05, 0.1) is 11.3 Å². The summed E-state index contributed by atoms with van der Waals surface area (Å²) in [4.78, 5) is 15.1. The zero-order valence-electron chi connectivity index (χ0n) is 9.98. The van der Waals surface area contributed by atoms with Gasteiger partial charge in [0.1, 0.15) is 5.82 Å². The summed E-state index contributed by atoms with van der Waals surface area (Å²) in [6, 6.07) is 13.3. The molecule has 0 radical (unpaired) electrons. The summed E-state index contributed by atoms with van der Waals surface area (Å²) in [5.74, 6) is -0.979. The molecule has 0 atom stereocenters. The van der Waals surface area contributed by atoms with E-state index in [9.17, 15) is 9.18 Å². The number of anilines is 1. The zero-order valence-corrected chi connectivity index (χ0v) is 9.98. The molecule has 2 aromatic carbocycles. The smallest absolute Gasteiger partial charge is 0.258 e. The van der Waals surface area contributed by atoms with Gasteiger partial charge in [-0.1, -0.05) is 18.2 Å². The molecular formula is C15H11FN2O. The average molecular weight is 254 g/mol. The van der Waals surface area contributed by atoms with E-state index in [2.05, 4.69) is 10.3 Å². The lowest BCUT2D eigenvalue weighted by molar-refractivity contribution is 0.102. The number of benzene rings is 2. The van der Waals surface area contributed by atoms with Crippen LogP contribution in [0.1, 0.15) is 10.4 Å². The monoisotopic (exact) mass is 254 g/mol. The van der Waals surface area contributed by atoms with Gasteiger partial charge in [0.2, 0.25) is 0 Å². The molecule has 4 heteroatoms. The van der Waals surface area contributed by atoms with Crippen LogP contribution in [0.5, 0.6) is 0 Å². The number of aromatic amines is 1. The Labute approximate surface area is 109 Å². The van der Waals surface area contributed by atoms with Gasteiger partial charge >= 0.3 is 0 Å². The Morgan fingerprint density at radius 3 is 2.74 bits per heavy atom. The topological polar surface area (TPSA) is 44.9 Å². The zero-order chi connectivity index (χ0) is 13.2. The molecule has 1 aromatic heterocycles. The predicted octanol–water partition coefficient (Wildman–Crippen LogP) is 3.56. The van der Waals surface area contributed by atoms with Crippen LogP contribution < -0.4 is 5.32 Å². The van der Waals surface area contributed by atoms with Crippen LogP contribution >= 0.6 is 0 Å². The number of nitrogens with one attached hydrogen (secondary N) is 2. The molecule has 0 unspecified atom stereocenters. The quantitative estimate of drug-likeness (QED) is 0.721. The van der Waals surface area contributed by atoms with Crippen LogP contribution in [-0.4, -0.2) is 10.9 Å². The van der Waals surface area contributed by atoms with E-state index in [1.54, 1.807) is 24.4 Å². The summed E-state index contributed by atoms with van der Waals surface area (Å²) in [6.07, 6.45) is 1.80. The van der Waals surface area contributed by atoms with E-state index in [4.69, 9.17) is 0 Å². The number of carbonyl (C=O) groups is 1. The van der Waals surface area contributed by atoms with Crippen LogP contribution in [0.15, 0.2) is 54.7 Å². The molecule has 3 nitrogen and oxygen atoms in total. The second-order valence-electron chi connectivity index (χ2n) is 4.18. The van der Waals surface area contributed by atoms with Crippen molar-refractivity contribution in [3.63, 3.8) is 0 Å². The molecule has 0 aliphatic rings. The highest BCUT2D eigenvalue weighted by atomic mass is 19.1. The summed E-state index contributed by atoms with van der Waals surface area (Å²) >= 11 is 0. The molecule has 1 amide bonds. The van der Waals surface area contributed by atoms with Gasteiger partial charge in [-0.25, -0.2) is 4.39 Å². The number of hydrogen-bond donors (Lipinski definition) is 2. The van der Waals surface area contributed by atoms with Crippen molar-refractivity contribution in [2.45, 2.75) is 0 Å². The number of aromatic nitrogens is 1. The molecular weight excluding hydrogens is 243 g/mol. The SMILES string of the molecule is O=C(Nc1cccc2[nH]ccc12)c1ccccc1F. The van der Waals surface area contributed by atoms with Gasteiger partial charge in [0.15, 0.2) is 0 Å². The summed E-state index contributed by atoms with van der Waals surface area (Å²) in [6.45, 7) is 0. The van der Waals surface area contributed by atoms with Gasteiger partial charge in [0.25, 0.3) is 5.91 Å². The minimum Gasteiger partial charge on any atom is -0.361 e. The lowest BCUT2D eigenvalue weighted by Crippen LogP contribution is -2.13. The third kappa shape index (κ3) is 2.08. The molecule has 0 saturated heterocycles. The van der Waals surface area contributed by atoms with Crippen LogP contribution in [-0.2, 0) is 0 Å². The molecule has 0 fully saturated rings. The molecule has 94 valence electrons. The van der Waals surface area contributed by atoms with E-state index < -0.39 is 11.7 Å². The highest BCUT2D eigenvalue weighted by Crippen LogP contribution is 2.23. The van der Waals surface area contributed by atoms with Crippen LogP contribution in [0, 0.1) is 5.82 Å². The maximum atomic E-state index is 13.5. The van der Waals surface area contributed by atoms with Gasteiger partial charge < -0.3 is 10.3 Å². The molecule has 19 heavy (non-hydrogen) atoms. The van der Waals surface area contributed by atoms with Crippen LogP contribution in [0.3, 0.4) is 0 Å². The van der Waals surface area contributed by atoms with E-state index >= 15 is 0 Å². The fourth-order valence-electron chi connectivity index (χ4n) is 2.03. The highest BCUT2D eigenvalue weighted by Gasteiger charge is 2.12. The molecule has 0 spiro atoms. The number of amides is 1. The van der Waals surface area contributed by atoms with Crippen molar-refractivity contribution in [3.8, 4) is 0 Å². The average Bonchev–Trinajstić information content (AvgIpc) is 2.88. The Kier molecular flexibility index (Phi) is 2.76. The fourth-order valence-corrected chi connectivity index (χ4v) is 2.03. The molecule has 0 aliphatic heterocycles. The summed E-state index contributed by atoms with van der Waals surface area (Å²) < 4.78 is 13.5. The number of H-pyrrole nitrogens is 1. The molecule has 0 bridgehead atoms. The third-order valence-electron chi connectivity index (χ3n) is 2.96. The molecule has 3 rings (SSSR count). The Hall–Kier alpha value is -2.62.